The van der Waals surface area contributed by atoms with Crippen LogP contribution in [0.2, 0.25) is 0 Å². The predicted octanol–water partition coefficient (Wildman–Crippen LogP) is 4.26. The van der Waals surface area contributed by atoms with Crippen molar-refractivity contribution in [3.63, 3.8) is 0 Å². The highest BCUT2D eigenvalue weighted by molar-refractivity contribution is 9.10. The minimum Gasteiger partial charge on any atom is -0.383 e. The van der Waals surface area contributed by atoms with Gasteiger partial charge in [0.15, 0.2) is 0 Å². The lowest BCUT2D eigenvalue weighted by Crippen LogP contribution is -2.06. The van der Waals surface area contributed by atoms with E-state index in [9.17, 15) is 18.3 Å². The van der Waals surface area contributed by atoms with E-state index in [2.05, 4.69) is 15.9 Å². The van der Waals surface area contributed by atoms with Gasteiger partial charge in [-0.1, -0.05) is 15.9 Å². The van der Waals surface area contributed by atoms with Crippen molar-refractivity contribution < 1.29 is 18.3 Å². The average molecular weight is 331 g/mol. The number of rotatable bonds is 2. The summed E-state index contributed by atoms with van der Waals surface area (Å²) in [5, 5.41) is 10.1. The van der Waals surface area contributed by atoms with Gasteiger partial charge in [-0.25, -0.2) is 13.2 Å². The smallest absolute Gasteiger partial charge is 0.132 e. The third kappa shape index (κ3) is 2.82. The molecule has 1 N–H and O–H groups in total. The second kappa shape index (κ2) is 5.35. The van der Waals surface area contributed by atoms with Gasteiger partial charge in [-0.2, -0.15) is 0 Å². The maximum absolute atomic E-state index is 13.7. The number of aliphatic hydroxyl groups excluding tert-OH is 1. The van der Waals surface area contributed by atoms with E-state index in [-0.39, 0.29) is 16.7 Å². The van der Waals surface area contributed by atoms with Gasteiger partial charge in [0.2, 0.25) is 0 Å². The molecular weight excluding hydrogens is 321 g/mol. The van der Waals surface area contributed by atoms with Gasteiger partial charge in [-0.05, 0) is 36.8 Å². The Morgan fingerprint density at radius 3 is 2.26 bits per heavy atom. The van der Waals surface area contributed by atoms with Gasteiger partial charge in [-0.3, -0.25) is 0 Å². The van der Waals surface area contributed by atoms with Crippen LogP contribution in [0, 0.1) is 24.4 Å². The van der Waals surface area contributed by atoms with E-state index in [1.807, 2.05) is 0 Å². The summed E-state index contributed by atoms with van der Waals surface area (Å²) < 4.78 is 41.0. The molecular formula is C14H10BrF3O. The Morgan fingerprint density at radius 1 is 0.947 bits per heavy atom. The molecule has 19 heavy (non-hydrogen) atoms. The van der Waals surface area contributed by atoms with E-state index in [1.165, 1.54) is 25.1 Å². The summed E-state index contributed by atoms with van der Waals surface area (Å²) in [4.78, 5) is 0. The van der Waals surface area contributed by atoms with Gasteiger partial charge >= 0.3 is 0 Å². The van der Waals surface area contributed by atoms with Crippen molar-refractivity contribution in [3.8, 4) is 0 Å². The molecule has 2 rings (SSSR count). The SMILES string of the molecule is Cc1cc(C(O)c2cc(Br)ccc2F)c(F)cc1F. The summed E-state index contributed by atoms with van der Waals surface area (Å²) in [5.41, 5.74) is -0.0407. The number of aliphatic hydroxyl groups is 1. The third-order valence-electron chi connectivity index (χ3n) is 2.83. The molecule has 0 aliphatic rings. The lowest BCUT2D eigenvalue weighted by molar-refractivity contribution is 0.209. The minimum atomic E-state index is -1.49. The Balaban J connectivity index is 2.52. The summed E-state index contributed by atoms with van der Waals surface area (Å²) in [6.07, 6.45) is -1.49. The fourth-order valence-electron chi connectivity index (χ4n) is 1.78. The molecule has 100 valence electrons. The van der Waals surface area contributed by atoms with E-state index in [0.29, 0.717) is 10.5 Å². The molecule has 5 heteroatoms. The van der Waals surface area contributed by atoms with Gasteiger partial charge in [-0.15, -0.1) is 0 Å². The molecule has 0 spiro atoms. The molecule has 1 nitrogen and oxygen atoms in total. The Labute approximate surface area is 116 Å². The fraction of sp³-hybridized carbons (Fsp3) is 0.143. The van der Waals surface area contributed by atoms with Gasteiger partial charge in [0.1, 0.15) is 23.6 Å². The molecule has 1 atom stereocenters. The normalized spacial score (nSPS) is 12.5. The van der Waals surface area contributed by atoms with Gasteiger partial charge in [0.25, 0.3) is 0 Å². The molecule has 0 bridgehead atoms. The van der Waals surface area contributed by atoms with Crippen LogP contribution in [0.1, 0.15) is 22.8 Å². The van der Waals surface area contributed by atoms with Crippen LogP contribution in [0.3, 0.4) is 0 Å². The van der Waals surface area contributed by atoms with Crippen molar-refractivity contribution in [2.75, 3.05) is 0 Å². The van der Waals surface area contributed by atoms with E-state index >= 15 is 0 Å². The number of benzene rings is 2. The van der Waals surface area contributed by atoms with Gasteiger partial charge in [0.05, 0.1) is 0 Å². The lowest BCUT2D eigenvalue weighted by Gasteiger charge is -2.14. The zero-order valence-electron chi connectivity index (χ0n) is 9.92. The van der Waals surface area contributed by atoms with E-state index < -0.39 is 23.6 Å². The summed E-state index contributed by atoms with van der Waals surface area (Å²) in [5.74, 6) is -2.27. The van der Waals surface area contributed by atoms with E-state index in [0.717, 1.165) is 6.07 Å². The van der Waals surface area contributed by atoms with Crippen LogP contribution in [0.15, 0.2) is 34.8 Å². The highest BCUT2D eigenvalue weighted by Gasteiger charge is 2.20. The monoisotopic (exact) mass is 330 g/mol. The quantitative estimate of drug-likeness (QED) is 0.872. The average Bonchev–Trinajstić information content (AvgIpc) is 2.36. The first kappa shape index (κ1) is 14.1. The maximum atomic E-state index is 13.7. The van der Waals surface area contributed by atoms with Crippen LogP contribution in [0.5, 0.6) is 0 Å². The Bertz CT molecular complexity index is 628. The van der Waals surface area contributed by atoms with Gasteiger partial charge < -0.3 is 5.11 Å². The van der Waals surface area contributed by atoms with Crippen molar-refractivity contribution in [1.82, 2.24) is 0 Å². The molecule has 1 unspecified atom stereocenters. The standard InChI is InChI=1S/C14H10BrF3O/c1-7-4-9(13(18)6-12(7)17)14(19)10-5-8(15)2-3-11(10)16/h2-6,14,19H,1H3. The van der Waals surface area contributed by atoms with Crippen LogP contribution in [0.4, 0.5) is 13.2 Å². The van der Waals surface area contributed by atoms with Crippen LogP contribution >= 0.6 is 15.9 Å². The van der Waals surface area contributed by atoms with E-state index in [1.54, 1.807) is 0 Å². The first-order chi connectivity index (χ1) is 8.90. The molecule has 0 radical (unpaired) electrons. The fourth-order valence-corrected chi connectivity index (χ4v) is 2.16. The number of hydrogen-bond donors (Lipinski definition) is 1. The Hall–Kier alpha value is -1.33. The largest absolute Gasteiger partial charge is 0.383 e. The molecule has 2 aromatic carbocycles. The second-order valence-corrected chi connectivity index (χ2v) is 5.11. The van der Waals surface area contributed by atoms with Crippen LogP contribution < -0.4 is 0 Å². The summed E-state index contributed by atoms with van der Waals surface area (Å²) in [6.45, 7) is 1.45. The molecule has 0 fully saturated rings. The zero-order valence-corrected chi connectivity index (χ0v) is 11.5. The zero-order chi connectivity index (χ0) is 14.2. The summed E-state index contributed by atoms with van der Waals surface area (Å²) in [6, 6.07) is 5.85. The number of hydrogen-bond acceptors (Lipinski definition) is 1. The highest BCUT2D eigenvalue weighted by Crippen LogP contribution is 2.29. The van der Waals surface area contributed by atoms with Crippen molar-refractivity contribution in [1.29, 1.82) is 0 Å². The number of halogens is 4. The second-order valence-electron chi connectivity index (χ2n) is 4.19. The summed E-state index contributed by atoms with van der Waals surface area (Å²) >= 11 is 3.15. The molecule has 0 amide bonds. The third-order valence-corrected chi connectivity index (χ3v) is 3.32. The molecule has 0 saturated carbocycles. The van der Waals surface area contributed by atoms with Crippen LogP contribution in [-0.2, 0) is 0 Å². The molecule has 2 aromatic rings. The predicted molar refractivity (Wildman–Crippen MR) is 69.3 cm³/mol. The lowest BCUT2D eigenvalue weighted by atomic mass is 9.99. The molecule has 0 aliphatic carbocycles. The Kier molecular flexibility index (Phi) is 3.96. The minimum absolute atomic E-state index is 0.0701. The van der Waals surface area contributed by atoms with Crippen LogP contribution in [0.25, 0.3) is 0 Å². The maximum Gasteiger partial charge on any atom is 0.132 e. The summed E-state index contributed by atoms with van der Waals surface area (Å²) in [7, 11) is 0. The first-order valence-electron chi connectivity index (χ1n) is 5.48. The molecule has 0 saturated heterocycles. The molecule has 0 heterocycles. The highest BCUT2D eigenvalue weighted by atomic mass is 79.9. The van der Waals surface area contributed by atoms with Crippen molar-refractivity contribution >= 4 is 15.9 Å². The first-order valence-corrected chi connectivity index (χ1v) is 6.28. The van der Waals surface area contributed by atoms with Crippen molar-refractivity contribution in [3.05, 3.63) is 68.9 Å². The molecule has 0 aromatic heterocycles. The van der Waals surface area contributed by atoms with E-state index in [4.69, 9.17) is 0 Å². The molecule has 0 aliphatic heterocycles. The Morgan fingerprint density at radius 2 is 1.58 bits per heavy atom. The number of aryl methyl sites for hydroxylation is 1. The van der Waals surface area contributed by atoms with Gasteiger partial charge in [0, 0.05) is 21.7 Å². The van der Waals surface area contributed by atoms with Crippen molar-refractivity contribution in [2.24, 2.45) is 0 Å². The van der Waals surface area contributed by atoms with Crippen molar-refractivity contribution in [2.45, 2.75) is 13.0 Å². The topological polar surface area (TPSA) is 20.2 Å². The van der Waals surface area contributed by atoms with Crippen LogP contribution in [-0.4, -0.2) is 5.11 Å².